The molecule has 0 aliphatic heterocycles. The van der Waals surface area contributed by atoms with Gasteiger partial charge in [-0.05, 0) is 17.7 Å². The summed E-state index contributed by atoms with van der Waals surface area (Å²) in [5.74, 6) is -1.24. The van der Waals surface area contributed by atoms with E-state index in [-0.39, 0.29) is 16.4 Å². The van der Waals surface area contributed by atoms with Crippen molar-refractivity contribution in [3.05, 3.63) is 74.8 Å². The molecule has 0 aliphatic rings. The second kappa shape index (κ2) is 10.4. The quantitative estimate of drug-likeness (QED) is 0.286. The number of benzene rings is 2. The predicted molar refractivity (Wildman–Crippen MR) is 113 cm³/mol. The fourth-order valence-corrected chi connectivity index (χ4v) is 3.44. The molecule has 0 atom stereocenters. The molecule has 0 saturated carbocycles. The molecule has 0 unspecified atom stereocenters. The van der Waals surface area contributed by atoms with Gasteiger partial charge < -0.3 is 9.47 Å². The molecule has 12 heteroatoms. The maximum atomic E-state index is 12.5. The predicted octanol–water partition coefficient (Wildman–Crippen LogP) is 4.30. The van der Waals surface area contributed by atoms with Gasteiger partial charge >= 0.3 is 6.61 Å². The molecule has 0 bridgehead atoms. The summed E-state index contributed by atoms with van der Waals surface area (Å²) in [6, 6.07) is 11.5. The molecule has 0 fully saturated rings. The van der Waals surface area contributed by atoms with E-state index in [1.54, 1.807) is 0 Å². The third-order valence-electron chi connectivity index (χ3n) is 4.04. The number of anilines is 1. The van der Waals surface area contributed by atoms with Gasteiger partial charge in [0.15, 0.2) is 11.5 Å². The third-order valence-corrected chi connectivity index (χ3v) is 4.87. The number of methoxy groups -OCH3 is 1. The standard InChI is InChI=1S/C20H16F2N4O5S/c1-30-15-10-13(14(26(28)29)11-16(15)31-19(21)22)7-8-17(27)23-20-25-24-18(32-20)9-12-5-3-2-4-6-12/h2-8,10-11,19H,9H2,1H3,(H,23,25,27)/b8-7+. The number of carbonyl (C=O) groups is 1. The Bertz CT molecular complexity index is 1140. The molecule has 0 aliphatic carbocycles. The van der Waals surface area contributed by atoms with Crippen molar-refractivity contribution in [3.63, 3.8) is 0 Å². The minimum Gasteiger partial charge on any atom is -0.493 e. The Labute approximate surface area is 184 Å². The SMILES string of the molecule is COc1cc(/C=C/C(=O)Nc2nnc(Cc3ccccc3)s2)c([N+](=O)[O-])cc1OC(F)F. The lowest BCUT2D eigenvalue weighted by Gasteiger charge is -2.10. The molecule has 32 heavy (non-hydrogen) atoms. The highest BCUT2D eigenvalue weighted by molar-refractivity contribution is 7.15. The highest BCUT2D eigenvalue weighted by Gasteiger charge is 2.20. The number of alkyl halides is 2. The summed E-state index contributed by atoms with van der Waals surface area (Å²) in [6.07, 6.45) is 2.77. The molecular weight excluding hydrogens is 446 g/mol. The van der Waals surface area contributed by atoms with Gasteiger partial charge in [-0.2, -0.15) is 8.78 Å². The van der Waals surface area contributed by atoms with Crippen LogP contribution in [0.2, 0.25) is 0 Å². The monoisotopic (exact) mass is 462 g/mol. The Morgan fingerprint density at radius 3 is 2.66 bits per heavy atom. The number of nitrogens with zero attached hydrogens (tertiary/aromatic N) is 3. The van der Waals surface area contributed by atoms with Gasteiger partial charge in [-0.3, -0.25) is 20.2 Å². The van der Waals surface area contributed by atoms with Crippen molar-refractivity contribution in [3.8, 4) is 11.5 Å². The van der Waals surface area contributed by atoms with Crippen LogP contribution in [0.1, 0.15) is 16.1 Å². The fraction of sp³-hybridized carbons (Fsp3) is 0.150. The number of carbonyl (C=O) groups excluding carboxylic acids is 1. The van der Waals surface area contributed by atoms with E-state index in [1.165, 1.54) is 18.4 Å². The Hall–Kier alpha value is -3.93. The van der Waals surface area contributed by atoms with Gasteiger partial charge in [-0.15, -0.1) is 10.2 Å². The number of hydrogen-bond acceptors (Lipinski definition) is 8. The molecule has 1 aromatic heterocycles. The number of halogens is 2. The third kappa shape index (κ3) is 6.04. The van der Waals surface area contributed by atoms with Crippen molar-refractivity contribution in [2.24, 2.45) is 0 Å². The first kappa shape index (κ1) is 22.7. The molecule has 9 nitrogen and oxygen atoms in total. The number of hydrogen-bond donors (Lipinski definition) is 1. The van der Waals surface area contributed by atoms with Gasteiger partial charge in [0.05, 0.1) is 23.7 Å². The molecule has 0 saturated heterocycles. The zero-order valence-corrected chi connectivity index (χ0v) is 17.3. The first-order valence-corrected chi connectivity index (χ1v) is 9.84. The Morgan fingerprint density at radius 2 is 2.00 bits per heavy atom. The lowest BCUT2D eigenvalue weighted by molar-refractivity contribution is -0.385. The van der Waals surface area contributed by atoms with Gasteiger partial charge in [0.2, 0.25) is 11.0 Å². The van der Waals surface area contributed by atoms with E-state index in [0.29, 0.717) is 11.4 Å². The zero-order valence-electron chi connectivity index (χ0n) is 16.5. The second-order valence-corrected chi connectivity index (χ2v) is 7.25. The Morgan fingerprint density at radius 1 is 1.25 bits per heavy atom. The molecule has 3 aromatic rings. The van der Waals surface area contributed by atoms with Crippen LogP contribution >= 0.6 is 11.3 Å². The lowest BCUT2D eigenvalue weighted by Crippen LogP contribution is -2.07. The van der Waals surface area contributed by atoms with Crippen LogP contribution < -0.4 is 14.8 Å². The van der Waals surface area contributed by atoms with Gasteiger partial charge in [-0.25, -0.2) is 0 Å². The number of nitrogens with one attached hydrogen (secondary N) is 1. The highest BCUT2D eigenvalue weighted by Crippen LogP contribution is 2.36. The molecule has 0 spiro atoms. The zero-order chi connectivity index (χ0) is 23.1. The van der Waals surface area contributed by atoms with E-state index >= 15 is 0 Å². The van der Waals surface area contributed by atoms with Crippen molar-refractivity contribution >= 4 is 34.1 Å². The summed E-state index contributed by atoms with van der Waals surface area (Å²) in [6.45, 7) is -3.19. The maximum Gasteiger partial charge on any atom is 0.387 e. The second-order valence-electron chi connectivity index (χ2n) is 6.18. The van der Waals surface area contributed by atoms with Crippen LogP contribution in [0.5, 0.6) is 11.5 Å². The first-order chi connectivity index (χ1) is 15.4. The van der Waals surface area contributed by atoms with E-state index in [9.17, 15) is 23.7 Å². The van der Waals surface area contributed by atoms with E-state index in [4.69, 9.17) is 4.74 Å². The van der Waals surface area contributed by atoms with Crippen LogP contribution in [0.3, 0.4) is 0 Å². The highest BCUT2D eigenvalue weighted by atomic mass is 32.1. The van der Waals surface area contributed by atoms with Crippen LogP contribution in [0, 0.1) is 10.1 Å². The van der Waals surface area contributed by atoms with Crippen molar-refractivity contribution in [1.82, 2.24) is 10.2 Å². The van der Waals surface area contributed by atoms with Crippen molar-refractivity contribution in [1.29, 1.82) is 0 Å². The summed E-state index contributed by atoms with van der Waals surface area (Å²) in [5.41, 5.74) is 0.471. The smallest absolute Gasteiger partial charge is 0.387 e. The number of aromatic nitrogens is 2. The van der Waals surface area contributed by atoms with Gasteiger partial charge in [-0.1, -0.05) is 41.7 Å². The summed E-state index contributed by atoms with van der Waals surface area (Å²) in [4.78, 5) is 22.8. The summed E-state index contributed by atoms with van der Waals surface area (Å²) in [5, 5.41) is 22.7. The van der Waals surface area contributed by atoms with Crippen molar-refractivity contribution < 1.29 is 28.0 Å². The number of ether oxygens (including phenoxy) is 2. The summed E-state index contributed by atoms with van der Waals surface area (Å²) in [7, 11) is 1.20. The van der Waals surface area contributed by atoms with Crippen LogP contribution in [-0.2, 0) is 11.2 Å². The molecular formula is C20H16F2N4O5S. The molecule has 0 radical (unpaired) electrons. The number of rotatable bonds is 9. The molecule has 2 aromatic carbocycles. The van der Waals surface area contributed by atoms with Crippen LogP contribution in [-0.4, -0.2) is 34.7 Å². The first-order valence-electron chi connectivity index (χ1n) is 9.02. The molecule has 3 rings (SSSR count). The van der Waals surface area contributed by atoms with Crippen LogP contribution in [0.25, 0.3) is 6.08 Å². The van der Waals surface area contributed by atoms with Gasteiger partial charge in [0.1, 0.15) is 5.01 Å². The number of amides is 1. The molecule has 166 valence electrons. The van der Waals surface area contributed by atoms with Crippen LogP contribution in [0.15, 0.2) is 48.5 Å². The topological polar surface area (TPSA) is 116 Å². The molecule has 1 amide bonds. The lowest BCUT2D eigenvalue weighted by atomic mass is 10.1. The van der Waals surface area contributed by atoms with Crippen molar-refractivity contribution in [2.45, 2.75) is 13.0 Å². The number of nitro benzene ring substituents is 1. The van der Waals surface area contributed by atoms with Crippen LogP contribution in [0.4, 0.5) is 19.6 Å². The van der Waals surface area contributed by atoms with Crippen molar-refractivity contribution in [2.75, 3.05) is 12.4 Å². The molecule has 1 N–H and O–H groups in total. The molecule has 1 heterocycles. The minimum atomic E-state index is -3.19. The summed E-state index contributed by atoms with van der Waals surface area (Å²) >= 11 is 1.20. The van der Waals surface area contributed by atoms with Gasteiger partial charge in [0, 0.05) is 12.5 Å². The largest absolute Gasteiger partial charge is 0.493 e. The Balaban J connectivity index is 1.73. The average molecular weight is 462 g/mol. The fourth-order valence-electron chi connectivity index (χ4n) is 2.66. The minimum absolute atomic E-state index is 0.0364. The van der Waals surface area contributed by atoms with E-state index < -0.39 is 28.9 Å². The van der Waals surface area contributed by atoms with Gasteiger partial charge in [0.25, 0.3) is 5.69 Å². The maximum absolute atomic E-state index is 12.5. The van der Waals surface area contributed by atoms with E-state index in [0.717, 1.165) is 29.8 Å². The summed E-state index contributed by atoms with van der Waals surface area (Å²) < 4.78 is 34.3. The normalized spacial score (nSPS) is 11.0. The average Bonchev–Trinajstić information content (AvgIpc) is 3.19. The van der Waals surface area contributed by atoms with E-state index in [2.05, 4.69) is 20.3 Å². The van der Waals surface area contributed by atoms with E-state index in [1.807, 2.05) is 30.3 Å². The number of nitro groups is 1. The Kier molecular flexibility index (Phi) is 7.39.